The quantitative estimate of drug-likeness (QED) is 0.0304. The van der Waals surface area contributed by atoms with Crippen molar-refractivity contribution in [2.24, 2.45) is 17.8 Å². The highest BCUT2D eigenvalue weighted by Crippen LogP contribution is 2.39. The highest BCUT2D eigenvalue weighted by molar-refractivity contribution is 6.01. The fourth-order valence-electron chi connectivity index (χ4n) is 13.5. The van der Waals surface area contributed by atoms with Crippen LogP contribution in [-0.2, 0) is 49.4 Å². The average Bonchev–Trinajstić information content (AvgIpc) is 3.66. The number of nitrogens with zero attached hydrogens (tertiary/aromatic N) is 2. The molecular weight excluding hydrogens is 1090 g/mol. The van der Waals surface area contributed by atoms with Crippen LogP contribution in [0.5, 0.6) is 0 Å². The number of Topliss-reactive ketones (excluding diaryl/α,β-unsaturated/α-hetero) is 1. The van der Waals surface area contributed by atoms with E-state index in [0.717, 1.165) is 32.1 Å². The maximum atomic E-state index is 15.1. The van der Waals surface area contributed by atoms with Crippen LogP contribution in [0.1, 0.15) is 152 Å². The Kier molecular flexibility index (Phi) is 22.9. The first-order valence-corrected chi connectivity index (χ1v) is 31.5. The van der Waals surface area contributed by atoms with E-state index in [4.69, 9.17) is 0 Å². The Balaban J connectivity index is 0.896. The van der Waals surface area contributed by atoms with E-state index in [1.54, 1.807) is 30.7 Å². The number of amides is 7. The van der Waals surface area contributed by atoms with E-state index in [-0.39, 0.29) is 55.2 Å². The number of nitrogens with one attached hydrogen (secondary N) is 6. The molecule has 0 radical (unpaired) electrons. The van der Waals surface area contributed by atoms with Crippen LogP contribution in [0.4, 0.5) is 0 Å². The van der Waals surface area contributed by atoms with Gasteiger partial charge in [0, 0.05) is 56.0 Å². The highest BCUT2D eigenvalue weighted by atomic mass is 16.3. The zero-order valence-corrected chi connectivity index (χ0v) is 50.5. The van der Waals surface area contributed by atoms with Crippen molar-refractivity contribution in [3.05, 3.63) is 144 Å². The molecule has 7 amide bonds. The molecule has 0 unspecified atom stereocenters. The first kappa shape index (κ1) is 64.7. The molecule has 8 rings (SSSR count). The van der Waals surface area contributed by atoms with E-state index >= 15 is 9.59 Å². The van der Waals surface area contributed by atoms with Crippen molar-refractivity contribution in [2.75, 3.05) is 26.8 Å². The van der Waals surface area contributed by atoms with E-state index in [1.807, 2.05) is 128 Å². The molecular formula is C68H90N8O10. The van der Waals surface area contributed by atoms with Crippen LogP contribution in [0.3, 0.4) is 0 Å². The van der Waals surface area contributed by atoms with Crippen molar-refractivity contribution in [1.29, 1.82) is 0 Å². The number of hydrogen-bond donors (Lipinski definition) is 8. The van der Waals surface area contributed by atoms with Gasteiger partial charge in [0.1, 0.15) is 29.7 Å². The molecule has 0 aromatic heterocycles. The molecule has 0 aliphatic carbocycles. The SMILES string of the molecule is CC[C@@H](C)C(=O)N[C@@H]1C(=O)N2[C@@H](CC[C@@H]1CO)CC[C@H]2C(=O)NC(C(=O)NCCCCCCCCCC(=O)C(NC(=O)[C@@H]1CC[C@@H]2CC[C@H](CO)[C@H](NC(=O)[C@H](C)NC)C(=O)N21)(c1ccccc1)c1ccccc1)(c1ccccc1)c1ccccc1. The van der Waals surface area contributed by atoms with Gasteiger partial charge in [-0.05, 0) is 107 Å². The molecule has 4 aromatic carbocycles. The maximum Gasteiger partial charge on any atom is 0.255 e. The lowest BCUT2D eigenvalue weighted by Crippen LogP contribution is -2.62. The van der Waals surface area contributed by atoms with Crippen molar-refractivity contribution >= 4 is 47.1 Å². The predicted octanol–water partition coefficient (Wildman–Crippen LogP) is 6.06. The number of unbranched alkanes of at least 4 members (excludes halogenated alkanes) is 6. The van der Waals surface area contributed by atoms with Gasteiger partial charge in [-0.3, -0.25) is 38.4 Å². The molecule has 4 aliphatic rings. The summed E-state index contributed by atoms with van der Waals surface area (Å²) in [6.45, 7) is 5.11. The van der Waals surface area contributed by atoms with E-state index in [9.17, 15) is 39.0 Å². The molecule has 86 heavy (non-hydrogen) atoms. The summed E-state index contributed by atoms with van der Waals surface area (Å²) >= 11 is 0. The van der Waals surface area contributed by atoms with Crippen LogP contribution < -0.4 is 31.9 Å². The Morgan fingerprint density at radius 1 is 0.523 bits per heavy atom. The Morgan fingerprint density at radius 3 is 1.33 bits per heavy atom. The summed E-state index contributed by atoms with van der Waals surface area (Å²) < 4.78 is 0. The summed E-state index contributed by atoms with van der Waals surface area (Å²) in [6.07, 6.45) is 10.1. The van der Waals surface area contributed by atoms with Crippen molar-refractivity contribution in [3.63, 3.8) is 0 Å². The third-order valence-electron chi connectivity index (χ3n) is 18.9. The van der Waals surface area contributed by atoms with E-state index in [1.165, 1.54) is 0 Å². The zero-order valence-electron chi connectivity index (χ0n) is 50.5. The number of benzene rings is 4. The molecule has 4 fully saturated rings. The number of aliphatic hydroxyl groups is 2. The highest BCUT2D eigenvalue weighted by Gasteiger charge is 2.53. The number of aliphatic hydroxyl groups excluding tert-OH is 2. The van der Waals surface area contributed by atoms with Crippen LogP contribution in [0.25, 0.3) is 0 Å². The average molecular weight is 1180 g/mol. The lowest BCUT2D eigenvalue weighted by atomic mass is 9.77. The Morgan fingerprint density at radius 2 is 0.907 bits per heavy atom. The first-order chi connectivity index (χ1) is 41.6. The van der Waals surface area contributed by atoms with E-state index < -0.39 is 82.7 Å². The van der Waals surface area contributed by atoms with Gasteiger partial charge in [0.25, 0.3) is 5.91 Å². The van der Waals surface area contributed by atoms with E-state index in [0.29, 0.717) is 99.4 Å². The fourth-order valence-corrected chi connectivity index (χ4v) is 13.5. The number of fused-ring (bicyclic) bond motifs is 2. The van der Waals surface area contributed by atoms with Crippen LogP contribution in [0.15, 0.2) is 121 Å². The van der Waals surface area contributed by atoms with E-state index in [2.05, 4.69) is 31.9 Å². The second-order valence-electron chi connectivity index (χ2n) is 24.2. The molecule has 18 heteroatoms. The van der Waals surface area contributed by atoms with Crippen LogP contribution in [0.2, 0.25) is 0 Å². The lowest BCUT2D eigenvalue weighted by Gasteiger charge is -2.38. The van der Waals surface area contributed by atoms with Crippen molar-refractivity contribution in [2.45, 2.75) is 183 Å². The zero-order chi connectivity index (χ0) is 61.4. The molecule has 4 aromatic rings. The van der Waals surface area contributed by atoms with Gasteiger partial charge >= 0.3 is 0 Å². The topological polar surface area (TPSA) is 256 Å². The normalized spacial score (nSPS) is 23.0. The van der Waals surface area contributed by atoms with Crippen molar-refractivity contribution in [3.8, 4) is 0 Å². The number of carbonyl (C=O) groups is 8. The van der Waals surface area contributed by atoms with Gasteiger partial charge in [-0.25, -0.2) is 0 Å². The van der Waals surface area contributed by atoms with Crippen molar-refractivity contribution in [1.82, 2.24) is 41.7 Å². The molecule has 0 bridgehead atoms. The summed E-state index contributed by atoms with van der Waals surface area (Å²) in [5.74, 6) is -4.40. The minimum atomic E-state index is -1.67. The molecule has 8 N–H and O–H groups in total. The van der Waals surface area contributed by atoms with Crippen LogP contribution in [0, 0.1) is 17.8 Å². The maximum absolute atomic E-state index is 15.1. The monoisotopic (exact) mass is 1180 g/mol. The molecule has 4 aliphatic heterocycles. The summed E-state index contributed by atoms with van der Waals surface area (Å²) in [5, 5.41) is 39.1. The second kappa shape index (κ2) is 30.4. The van der Waals surface area contributed by atoms with Crippen LogP contribution >= 0.6 is 0 Å². The second-order valence-corrected chi connectivity index (χ2v) is 24.2. The molecule has 0 spiro atoms. The molecule has 10 atom stereocenters. The minimum Gasteiger partial charge on any atom is -0.396 e. The number of likely N-dealkylation sites (N-methyl/N-ethyl adjacent to an activating group) is 1. The Labute approximate surface area is 506 Å². The number of rotatable bonds is 28. The molecule has 462 valence electrons. The fraction of sp³-hybridized carbons (Fsp3) is 0.529. The largest absolute Gasteiger partial charge is 0.396 e. The Hall–Kier alpha value is -7.28. The summed E-state index contributed by atoms with van der Waals surface area (Å²) in [6, 6.07) is 31.7. The van der Waals surface area contributed by atoms with Gasteiger partial charge in [0.05, 0.1) is 6.04 Å². The smallest absolute Gasteiger partial charge is 0.255 e. The minimum absolute atomic E-state index is 0.167. The first-order valence-electron chi connectivity index (χ1n) is 31.5. The number of ketones is 1. The number of hydrogen-bond acceptors (Lipinski definition) is 11. The summed E-state index contributed by atoms with van der Waals surface area (Å²) in [4.78, 5) is 119. The van der Waals surface area contributed by atoms with Gasteiger partial charge in [0.15, 0.2) is 11.3 Å². The van der Waals surface area contributed by atoms with Gasteiger partial charge in [-0.2, -0.15) is 0 Å². The predicted molar refractivity (Wildman–Crippen MR) is 327 cm³/mol. The van der Waals surface area contributed by atoms with Crippen LogP contribution in [-0.4, -0.2) is 136 Å². The molecule has 18 nitrogen and oxygen atoms in total. The third-order valence-corrected chi connectivity index (χ3v) is 18.9. The Bertz CT molecular complexity index is 2660. The van der Waals surface area contributed by atoms with Gasteiger partial charge < -0.3 is 51.9 Å². The van der Waals surface area contributed by atoms with Gasteiger partial charge in [0.2, 0.25) is 35.4 Å². The number of carbonyl (C=O) groups excluding carboxylic acids is 8. The van der Waals surface area contributed by atoms with Gasteiger partial charge in [-0.15, -0.1) is 0 Å². The molecule has 4 heterocycles. The van der Waals surface area contributed by atoms with Crippen molar-refractivity contribution < 1.29 is 48.6 Å². The summed E-state index contributed by atoms with van der Waals surface area (Å²) in [7, 11) is 1.65. The molecule has 4 saturated heterocycles. The lowest BCUT2D eigenvalue weighted by molar-refractivity contribution is -0.145. The summed E-state index contributed by atoms with van der Waals surface area (Å²) in [5.41, 5.74) is -0.963. The third kappa shape index (κ3) is 14.2. The molecule has 0 saturated carbocycles. The van der Waals surface area contributed by atoms with Gasteiger partial charge in [-0.1, -0.05) is 167 Å². The standard InChI is InChI=1S/C68H90N8O10/c1-5-45(2)60(80)71-58-47(43-77)34-36-54-39-41-56(76(54)64(58)84)63(83)74-68(51-29-19-13-20-30-51,52-31-21-14-22-32-52)66(86)70-42-24-10-8-6-7-9-23-33-57(79)67(49-25-15-11-16-26-49,50-27-17-12-18-28-50)73-62(82)55-40-38-53-37-35-48(44-78)59(65(85)75(53)55)72-61(81)46(3)69-4/h11-22,25-32,45-48,53-56,58-59,69,77-78H,5-10,23-24,33-44H2,1-4H3,(H,70,86)(H,71,80)(H,72,81)(H,73,82)(H,74,83)/t45-,46+,47-,48-,53+,54+,55+,56+,58+,59+/m1/s1.